The van der Waals surface area contributed by atoms with E-state index in [9.17, 15) is 0 Å². The molecule has 0 spiro atoms. The molecule has 0 amide bonds. The van der Waals surface area contributed by atoms with Crippen LogP contribution in [0.25, 0.3) is 0 Å². The van der Waals surface area contributed by atoms with Crippen molar-refractivity contribution >= 4 is 11.9 Å². The average Bonchev–Trinajstić information content (AvgIpc) is 3.17. The molecule has 0 aliphatic carbocycles. The number of hydrogen-bond acceptors (Lipinski definition) is 5. The van der Waals surface area contributed by atoms with Crippen molar-refractivity contribution in [2.45, 2.75) is 26.4 Å². The first-order valence-corrected chi connectivity index (χ1v) is 8.99. The second-order valence-corrected chi connectivity index (χ2v) is 6.41. The number of benzene rings is 1. The molecule has 1 aromatic carbocycles. The van der Waals surface area contributed by atoms with E-state index < -0.39 is 11.9 Å². The molecule has 1 aliphatic rings. The van der Waals surface area contributed by atoms with Crippen LogP contribution in [-0.2, 0) is 29.1 Å². The zero-order valence-electron chi connectivity index (χ0n) is 15.5. The number of nitrogens with zero attached hydrogens (tertiary/aromatic N) is 2. The van der Waals surface area contributed by atoms with Gasteiger partial charge in [-0.3, -0.25) is 9.80 Å². The van der Waals surface area contributed by atoms with Gasteiger partial charge >= 0.3 is 11.9 Å². The minimum atomic E-state index is -1.82. The molecular weight excluding hydrogens is 348 g/mol. The van der Waals surface area contributed by atoms with E-state index in [0.717, 1.165) is 51.4 Å². The highest BCUT2D eigenvalue weighted by molar-refractivity contribution is 6.27. The lowest BCUT2D eigenvalue weighted by Crippen LogP contribution is -2.45. The number of piperazine rings is 1. The molecule has 1 saturated heterocycles. The summed E-state index contributed by atoms with van der Waals surface area (Å²) in [6.07, 6.45) is 2.87. The molecule has 146 valence electrons. The van der Waals surface area contributed by atoms with Crippen molar-refractivity contribution < 1.29 is 24.2 Å². The van der Waals surface area contributed by atoms with Gasteiger partial charge in [0.05, 0.1) is 12.8 Å². The minimum absolute atomic E-state index is 0.937. The van der Waals surface area contributed by atoms with Crippen LogP contribution in [0.15, 0.2) is 47.1 Å². The van der Waals surface area contributed by atoms with Crippen molar-refractivity contribution in [3.05, 3.63) is 59.5 Å². The molecule has 1 fully saturated rings. The SMILES string of the molecule is CCc1ccc(CN2CCN(Cc3ccco3)CC2)cc1.O=C(O)C(=O)O. The summed E-state index contributed by atoms with van der Waals surface area (Å²) in [6.45, 7) is 8.71. The number of carbonyl (C=O) groups is 2. The molecule has 1 aliphatic heterocycles. The monoisotopic (exact) mass is 374 g/mol. The molecule has 0 atom stereocenters. The second-order valence-electron chi connectivity index (χ2n) is 6.41. The summed E-state index contributed by atoms with van der Waals surface area (Å²) in [5, 5.41) is 14.8. The van der Waals surface area contributed by atoms with Gasteiger partial charge in [0, 0.05) is 32.7 Å². The van der Waals surface area contributed by atoms with Gasteiger partial charge in [-0.15, -0.1) is 0 Å². The Morgan fingerprint density at radius 1 is 0.889 bits per heavy atom. The molecule has 7 heteroatoms. The van der Waals surface area contributed by atoms with Crippen LogP contribution in [0.2, 0.25) is 0 Å². The van der Waals surface area contributed by atoms with Crippen LogP contribution in [0.4, 0.5) is 0 Å². The predicted octanol–water partition coefficient (Wildman–Crippen LogP) is 2.32. The molecule has 2 aromatic rings. The molecule has 27 heavy (non-hydrogen) atoms. The Kier molecular flexibility index (Phi) is 8.03. The highest BCUT2D eigenvalue weighted by atomic mass is 16.4. The van der Waals surface area contributed by atoms with E-state index in [-0.39, 0.29) is 0 Å². The predicted molar refractivity (Wildman–Crippen MR) is 100 cm³/mol. The largest absolute Gasteiger partial charge is 0.473 e. The zero-order valence-corrected chi connectivity index (χ0v) is 15.5. The summed E-state index contributed by atoms with van der Waals surface area (Å²) in [7, 11) is 0. The Morgan fingerprint density at radius 2 is 1.41 bits per heavy atom. The first kappa shape index (κ1) is 20.7. The smallest absolute Gasteiger partial charge is 0.414 e. The van der Waals surface area contributed by atoms with Gasteiger partial charge in [-0.25, -0.2) is 9.59 Å². The van der Waals surface area contributed by atoms with Crippen LogP contribution in [0, 0.1) is 0 Å². The Bertz CT molecular complexity index is 692. The van der Waals surface area contributed by atoms with Crippen molar-refractivity contribution in [1.29, 1.82) is 0 Å². The number of furan rings is 1. The normalized spacial score (nSPS) is 15.0. The molecular formula is C20H26N2O5. The first-order valence-electron chi connectivity index (χ1n) is 8.99. The molecule has 0 radical (unpaired) electrons. The van der Waals surface area contributed by atoms with Gasteiger partial charge in [0.25, 0.3) is 0 Å². The van der Waals surface area contributed by atoms with Gasteiger partial charge in [0.1, 0.15) is 5.76 Å². The fourth-order valence-electron chi connectivity index (χ4n) is 2.87. The number of aliphatic carboxylic acids is 2. The number of carboxylic acids is 2. The number of aryl methyl sites for hydroxylation is 1. The van der Waals surface area contributed by atoms with Crippen LogP contribution in [0.1, 0.15) is 23.8 Å². The van der Waals surface area contributed by atoms with Gasteiger partial charge in [0.15, 0.2) is 0 Å². The van der Waals surface area contributed by atoms with Gasteiger partial charge < -0.3 is 14.6 Å². The van der Waals surface area contributed by atoms with E-state index in [1.165, 1.54) is 11.1 Å². The lowest BCUT2D eigenvalue weighted by molar-refractivity contribution is -0.159. The van der Waals surface area contributed by atoms with Crippen LogP contribution in [-0.4, -0.2) is 58.1 Å². The summed E-state index contributed by atoms with van der Waals surface area (Å²) >= 11 is 0. The maximum absolute atomic E-state index is 9.10. The fourth-order valence-corrected chi connectivity index (χ4v) is 2.87. The molecule has 2 heterocycles. The number of hydrogen-bond donors (Lipinski definition) is 2. The maximum atomic E-state index is 9.10. The molecule has 0 saturated carbocycles. The molecule has 0 bridgehead atoms. The Morgan fingerprint density at radius 3 is 1.85 bits per heavy atom. The third-order valence-electron chi connectivity index (χ3n) is 4.44. The fraction of sp³-hybridized carbons (Fsp3) is 0.400. The highest BCUT2D eigenvalue weighted by Gasteiger charge is 2.17. The topological polar surface area (TPSA) is 94.2 Å². The van der Waals surface area contributed by atoms with Crippen molar-refractivity contribution in [1.82, 2.24) is 9.80 Å². The molecule has 3 rings (SSSR count). The maximum Gasteiger partial charge on any atom is 0.414 e. The van der Waals surface area contributed by atoms with E-state index in [4.69, 9.17) is 24.2 Å². The second kappa shape index (κ2) is 10.5. The Balaban J connectivity index is 0.000000380. The van der Waals surface area contributed by atoms with Crippen LogP contribution in [0.5, 0.6) is 0 Å². The summed E-state index contributed by atoms with van der Waals surface area (Å²) in [5.74, 6) is -2.58. The van der Waals surface area contributed by atoms with E-state index in [1.54, 1.807) is 6.26 Å². The Labute approximate surface area is 158 Å². The summed E-state index contributed by atoms with van der Waals surface area (Å²) < 4.78 is 5.43. The lowest BCUT2D eigenvalue weighted by Gasteiger charge is -2.34. The van der Waals surface area contributed by atoms with Crippen molar-refractivity contribution in [3.63, 3.8) is 0 Å². The van der Waals surface area contributed by atoms with Crippen molar-refractivity contribution in [2.24, 2.45) is 0 Å². The summed E-state index contributed by atoms with van der Waals surface area (Å²) in [5.41, 5.74) is 2.84. The highest BCUT2D eigenvalue weighted by Crippen LogP contribution is 2.12. The van der Waals surface area contributed by atoms with Crippen molar-refractivity contribution in [2.75, 3.05) is 26.2 Å². The number of rotatable bonds is 5. The number of carboxylic acid groups (broad SMARTS) is 2. The summed E-state index contributed by atoms with van der Waals surface area (Å²) in [4.78, 5) is 23.2. The standard InChI is InChI=1S/C18H24N2O.C2H2O4/c1-2-16-5-7-17(8-6-16)14-19-9-11-20(12-10-19)15-18-4-3-13-21-18;3-1(4)2(5)6/h3-8,13H,2,9-12,14-15H2,1H3;(H,3,4)(H,5,6). The quantitative estimate of drug-likeness (QED) is 0.776. The lowest BCUT2D eigenvalue weighted by atomic mass is 10.1. The van der Waals surface area contributed by atoms with Gasteiger partial charge in [-0.2, -0.15) is 0 Å². The molecule has 7 nitrogen and oxygen atoms in total. The molecule has 2 N–H and O–H groups in total. The average molecular weight is 374 g/mol. The van der Waals surface area contributed by atoms with E-state index in [1.807, 2.05) is 6.07 Å². The Hall–Kier alpha value is -2.64. The van der Waals surface area contributed by atoms with Gasteiger partial charge in [-0.1, -0.05) is 31.2 Å². The van der Waals surface area contributed by atoms with Crippen LogP contribution >= 0.6 is 0 Å². The summed E-state index contributed by atoms with van der Waals surface area (Å²) in [6, 6.07) is 13.1. The first-order chi connectivity index (χ1) is 13.0. The van der Waals surface area contributed by atoms with E-state index in [2.05, 4.69) is 47.1 Å². The third kappa shape index (κ3) is 7.24. The molecule has 1 aromatic heterocycles. The molecule has 0 unspecified atom stereocenters. The zero-order chi connectivity index (χ0) is 19.6. The van der Waals surface area contributed by atoms with Crippen molar-refractivity contribution in [3.8, 4) is 0 Å². The third-order valence-corrected chi connectivity index (χ3v) is 4.44. The van der Waals surface area contributed by atoms with E-state index in [0.29, 0.717) is 0 Å². The van der Waals surface area contributed by atoms with E-state index >= 15 is 0 Å². The van der Waals surface area contributed by atoms with Gasteiger partial charge in [0.2, 0.25) is 0 Å². The van der Waals surface area contributed by atoms with Gasteiger partial charge in [-0.05, 0) is 29.7 Å². The van der Waals surface area contributed by atoms with Crippen LogP contribution < -0.4 is 0 Å². The minimum Gasteiger partial charge on any atom is -0.473 e. The van der Waals surface area contributed by atoms with Crippen LogP contribution in [0.3, 0.4) is 0 Å².